The van der Waals surface area contributed by atoms with Gasteiger partial charge in [0, 0.05) is 21.7 Å². The minimum atomic E-state index is -0.207. The molecule has 0 amide bonds. The predicted molar refractivity (Wildman–Crippen MR) is 117 cm³/mol. The molecule has 0 spiro atoms. The van der Waals surface area contributed by atoms with Crippen LogP contribution in [-0.2, 0) is 0 Å². The largest absolute Gasteiger partial charge is 0.497 e. The summed E-state index contributed by atoms with van der Waals surface area (Å²) in [6, 6.07) is 21.9. The molecule has 0 unspecified atom stereocenters. The van der Waals surface area contributed by atoms with Gasteiger partial charge in [-0.1, -0.05) is 11.6 Å². The number of carbonyl (C=O) groups excluding carboxylic acids is 1. The maximum Gasteiger partial charge on any atom is 0.228 e. The summed E-state index contributed by atoms with van der Waals surface area (Å²) in [5.41, 5.74) is 3.70. The number of aromatic nitrogens is 2. The van der Waals surface area contributed by atoms with E-state index < -0.39 is 0 Å². The fourth-order valence-corrected chi connectivity index (χ4v) is 3.27. The molecule has 0 aliphatic carbocycles. The van der Waals surface area contributed by atoms with Crippen molar-refractivity contribution in [2.45, 2.75) is 0 Å². The summed E-state index contributed by atoms with van der Waals surface area (Å²) >= 11 is 5.95. The van der Waals surface area contributed by atoms with Gasteiger partial charge in [-0.2, -0.15) is 0 Å². The van der Waals surface area contributed by atoms with Gasteiger partial charge >= 0.3 is 0 Å². The van der Waals surface area contributed by atoms with Crippen LogP contribution in [0.25, 0.3) is 22.5 Å². The number of carbonyl (C=O) groups is 1. The van der Waals surface area contributed by atoms with Crippen molar-refractivity contribution < 1.29 is 14.3 Å². The van der Waals surface area contributed by atoms with E-state index in [0.717, 1.165) is 28.3 Å². The maximum atomic E-state index is 13.0. The summed E-state index contributed by atoms with van der Waals surface area (Å²) in [4.78, 5) is 20.9. The number of imidazole rings is 1. The van der Waals surface area contributed by atoms with Gasteiger partial charge in [0.1, 0.15) is 11.5 Å². The quantitative estimate of drug-likeness (QED) is 0.411. The van der Waals surface area contributed by atoms with Crippen molar-refractivity contribution in [3.05, 3.63) is 89.2 Å². The highest BCUT2D eigenvalue weighted by atomic mass is 35.5. The van der Waals surface area contributed by atoms with Crippen LogP contribution in [0.15, 0.2) is 72.8 Å². The minimum absolute atomic E-state index is 0.207. The highest BCUT2D eigenvalue weighted by molar-refractivity contribution is 6.30. The van der Waals surface area contributed by atoms with Crippen LogP contribution in [0.3, 0.4) is 0 Å². The Bertz CT molecular complexity index is 1100. The molecule has 0 aliphatic rings. The number of ether oxygens (including phenoxy) is 2. The number of hydrogen-bond acceptors (Lipinski definition) is 4. The molecule has 6 heteroatoms. The lowest BCUT2D eigenvalue weighted by Gasteiger charge is -2.06. The molecular weight excluding hydrogens is 400 g/mol. The minimum Gasteiger partial charge on any atom is -0.497 e. The lowest BCUT2D eigenvalue weighted by atomic mass is 10.0. The molecule has 0 aliphatic heterocycles. The van der Waals surface area contributed by atoms with Crippen LogP contribution in [0, 0.1) is 0 Å². The average Bonchev–Trinajstić information content (AvgIpc) is 3.24. The smallest absolute Gasteiger partial charge is 0.228 e. The van der Waals surface area contributed by atoms with Gasteiger partial charge < -0.3 is 14.5 Å². The van der Waals surface area contributed by atoms with Crippen LogP contribution in [0.2, 0.25) is 5.02 Å². The van der Waals surface area contributed by atoms with Gasteiger partial charge in [-0.15, -0.1) is 0 Å². The number of ketones is 1. The van der Waals surface area contributed by atoms with Crippen molar-refractivity contribution in [2.24, 2.45) is 0 Å². The summed E-state index contributed by atoms with van der Waals surface area (Å²) in [5.74, 6) is 1.55. The van der Waals surface area contributed by atoms with E-state index >= 15 is 0 Å². The van der Waals surface area contributed by atoms with Crippen LogP contribution >= 0.6 is 11.6 Å². The van der Waals surface area contributed by atoms with Crippen molar-refractivity contribution in [3.63, 3.8) is 0 Å². The van der Waals surface area contributed by atoms with Gasteiger partial charge in [-0.3, -0.25) is 4.79 Å². The predicted octanol–water partition coefficient (Wildman–Crippen LogP) is 5.65. The SMILES string of the molecule is COc1ccc(-c2nc(C(=O)c3ccc(Cl)cc3)[nH]c2-c2ccc(OC)cc2)cc1. The Balaban J connectivity index is 1.81. The Morgan fingerprint density at radius 1 is 0.800 bits per heavy atom. The molecule has 3 aromatic carbocycles. The molecule has 1 N–H and O–H groups in total. The van der Waals surface area contributed by atoms with Crippen molar-refractivity contribution >= 4 is 17.4 Å². The van der Waals surface area contributed by atoms with Gasteiger partial charge in [0.2, 0.25) is 5.78 Å². The van der Waals surface area contributed by atoms with E-state index in [1.165, 1.54) is 0 Å². The number of rotatable bonds is 6. The Hall–Kier alpha value is -3.57. The molecule has 0 saturated heterocycles. The summed E-state index contributed by atoms with van der Waals surface area (Å²) in [7, 11) is 3.24. The van der Waals surface area contributed by atoms with Crippen molar-refractivity contribution in [1.29, 1.82) is 0 Å². The lowest BCUT2D eigenvalue weighted by molar-refractivity contribution is 0.103. The molecular formula is C24H19ClN2O3. The first kappa shape index (κ1) is 19.7. The second kappa shape index (κ2) is 8.43. The van der Waals surface area contributed by atoms with Crippen LogP contribution in [0.5, 0.6) is 11.5 Å². The molecule has 0 radical (unpaired) electrons. The standard InChI is InChI=1S/C24H19ClN2O3/c1-29-19-11-5-15(6-12-19)21-22(16-7-13-20(30-2)14-8-16)27-24(26-21)23(28)17-3-9-18(25)10-4-17/h3-14H,1-2H3,(H,26,27). The third kappa shape index (κ3) is 3.93. The number of nitrogens with one attached hydrogen (secondary N) is 1. The van der Waals surface area contributed by atoms with Crippen LogP contribution in [-0.4, -0.2) is 30.0 Å². The molecule has 0 atom stereocenters. The first-order valence-electron chi connectivity index (χ1n) is 9.28. The van der Waals surface area contributed by atoms with Crippen molar-refractivity contribution in [2.75, 3.05) is 14.2 Å². The molecule has 30 heavy (non-hydrogen) atoms. The van der Waals surface area contributed by atoms with Gasteiger partial charge in [-0.05, 0) is 72.8 Å². The van der Waals surface area contributed by atoms with E-state index in [4.69, 9.17) is 21.1 Å². The summed E-state index contributed by atoms with van der Waals surface area (Å²) in [6.07, 6.45) is 0. The number of methoxy groups -OCH3 is 2. The molecule has 0 fully saturated rings. The van der Waals surface area contributed by atoms with Crippen LogP contribution in [0.1, 0.15) is 16.2 Å². The number of hydrogen-bond donors (Lipinski definition) is 1. The van der Waals surface area contributed by atoms with Gasteiger partial charge in [-0.25, -0.2) is 4.98 Å². The number of benzene rings is 3. The maximum absolute atomic E-state index is 13.0. The second-order valence-corrected chi connectivity index (χ2v) is 7.04. The zero-order valence-corrected chi connectivity index (χ0v) is 17.2. The van der Waals surface area contributed by atoms with E-state index in [2.05, 4.69) is 9.97 Å². The lowest BCUT2D eigenvalue weighted by Crippen LogP contribution is -2.03. The first-order valence-corrected chi connectivity index (χ1v) is 9.66. The van der Waals surface area contributed by atoms with Crippen molar-refractivity contribution in [1.82, 2.24) is 9.97 Å². The first-order chi connectivity index (χ1) is 14.6. The number of H-pyrrole nitrogens is 1. The van der Waals surface area contributed by atoms with Crippen molar-refractivity contribution in [3.8, 4) is 34.0 Å². The van der Waals surface area contributed by atoms with Gasteiger partial charge in [0.15, 0.2) is 5.82 Å². The summed E-state index contributed by atoms with van der Waals surface area (Å²) in [6.45, 7) is 0. The van der Waals surface area contributed by atoms with E-state index in [-0.39, 0.29) is 11.6 Å². The Kier molecular flexibility index (Phi) is 5.55. The van der Waals surface area contributed by atoms with E-state index in [1.807, 2.05) is 48.5 Å². The van der Waals surface area contributed by atoms with Crippen LogP contribution < -0.4 is 9.47 Å². The molecule has 0 bridgehead atoms. The van der Waals surface area contributed by atoms with E-state index in [1.54, 1.807) is 38.5 Å². The number of nitrogens with zero attached hydrogens (tertiary/aromatic N) is 1. The topological polar surface area (TPSA) is 64.2 Å². The van der Waals surface area contributed by atoms with Crippen LogP contribution in [0.4, 0.5) is 0 Å². The monoisotopic (exact) mass is 418 g/mol. The molecule has 4 aromatic rings. The Labute approximate surface area is 179 Å². The van der Waals surface area contributed by atoms with Gasteiger partial charge in [0.25, 0.3) is 0 Å². The summed E-state index contributed by atoms with van der Waals surface area (Å²) < 4.78 is 10.5. The molecule has 150 valence electrons. The fourth-order valence-electron chi connectivity index (χ4n) is 3.14. The molecule has 1 heterocycles. The third-order valence-electron chi connectivity index (χ3n) is 4.77. The Morgan fingerprint density at radius 2 is 1.33 bits per heavy atom. The molecule has 5 nitrogen and oxygen atoms in total. The highest BCUT2D eigenvalue weighted by Crippen LogP contribution is 2.32. The average molecular weight is 419 g/mol. The Morgan fingerprint density at radius 3 is 1.87 bits per heavy atom. The number of aromatic amines is 1. The normalized spacial score (nSPS) is 10.6. The molecule has 1 aromatic heterocycles. The zero-order valence-electron chi connectivity index (χ0n) is 16.5. The highest BCUT2D eigenvalue weighted by Gasteiger charge is 2.20. The third-order valence-corrected chi connectivity index (χ3v) is 5.02. The summed E-state index contributed by atoms with van der Waals surface area (Å²) in [5, 5.41) is 0.573. The second-order valence-electron chi connectivity index (χ2n) is 6.60. The molecule has 0 saturated carbocycles. The van der Waals surface area contributed by atoms with Gasteiger partial charge in [0.05, 0.1) is 25.6 Å². The number of halogens is 1. The fraction of sp³-hybridized carbons (Fsp3) is 0.0833. The molecule has 4 rings (SSSR count). The zero-order chi connectivity index (χ0) is 21.1. The van der Waals surface area contributed by atoms with E-state index in [9.17, 15) is 4.79 Å². The van der Waals surface area contributed by atoms with E-state index in [0.29, 0.717) is 16.3 Å².